The van der Waals surface area contributed by atoms with Crippen LogP contribution in [-0.2, 0) is 4.74 Å². The first-order valence-corrected chi connectivity index (χ1v) is 12.9. The molecule has 1 saturated heterocycles. The molecule has 0 bridgehead atoms. The van der Waals surface area contributed by atoms with Crippen LogP contribution in [0.1, 0.15) is 24.2 Å². The van der Waals surface area contributed by atoms with Crippen LogP contribution in [0.15, 0.2) is 47.4 Å². The monoisotopic (exact) mass is 471 g/mol. The van der Waals surface area contributed by atoms with Crippen molar-refractivity contribution in [2.75, 3.05) is 56.7 Å². The predicted molar refractivity (Wildman–Crippen MR) is 133 cm³/mol. The average molecular weight is 472 g/mol. The number of carbonyl (C=O) groups excluding carboxylic acids is 1. The molecule has 8 heteroatoms. The SMILES string of the molecule is CCOc1cccc2sc(N(CCN3CCOCC3)C(=O)c3ccc(SCC)cc3)nc12. The molecule has 1 fully saturated rings. The number of thiazole rings is 1. The van der Waals surface area contributed by atoms with Gasteiger partial charge in [0.25, 0.3) is 5.91 Å². The first-order valence-electron chi connectivity index (χ1n) is 11.1. The van der Waals surface area contributed by atoms with Gasteiger partial charge in [0, 0.05) is 36.6 Å². The Bertz CT molecular complexity index is 1030. The fourth-order valence-electron chi connectivity index (χ4n) is 3.67. The van der Waals surface area contributed by atoms with E-state index in [1.165, 1.54) is 16.2 Å². The predicted octanol–water partition coefficient (Wildman–Crippen LogP) is 4.79. The summed E-state index contributed by atoms with van der Waals surface area (Å²) in [6.07, 6.45) is 0. The minimum Gasteiger partial charge on any atom is -0.492 e. The van der Waals surface area contributed by atoms with Crippen molar-refractivity contribution in [3.63, 3.8) is 0 Å². The Morgan fingerprint density at radius 1 is 1.19 bits per heavy atom. The first kappa shape index (κ1) is 23.0. The maximum absolute atomic E-state index is 13.6. The van der Waals surface area contributed by atoms with Gasteiger partial charge in [0.05, 0.1) is 24.5 Å². The standard InChI is InChI=1S/C24H29N3O3S2/c1-3-30-20-6-5-7-21-22(20)25-24(32-21)27(13-12-26-14-16-29-17-15-26)23(28)18-8-10-19(11-9-18)31-4-2/h5-11H,3-4,12-17H2,1-2H3. The number of benzene rings is 2. The van der Waals surface area contributed by atoms with E-state index >= 15 is 0 Å². The summed E-state index contributed by atoms with van der Waals surface area (Å²) in [6.45, 7) is 9.28. The van der Waals surface area contributed by atoms with E-state index < -0.39 is 0 Å². The quantitative estimate of drug-likeness (QED) is 0.419. The summed E-state index contributed by atoms with van der Waals surface area (Å²) in [4.78, 5) is 23.8. The third-order valence-corrected chi connectivity index (χ3v) is 7.24. The maximum Gasteiger partial charge on any atom is 0.260 e. The van der Waals surface area contributed by atoms with E-state index in [0.717, 1.165) is 54.6 Å². The van der Waals surface area contributed by atoms with Gasteiger partial charge in [0.1, 0.15) is 11.3 Å². The van der Waals surface area contributed by atoms with Crippen molar-refractivity contribution in [2.45, 2.75) is 18.7 Å². The summed E-state index contributed by atoms with van der Waals surface area (Å²) in [5, 5.41) is 0.706. The molecule has 2 aromatic carbocycles. The Kier molecular flexibility index (Phi) is 8.02. The zero-order valence-electron chi connectivity index (χ0n) is 18.6. The van der Waals surface area contributed by atoms with Crippen molar-refractivity contribution >= 4 is 44.4 Å². The first-order chi connectivity index (χ1) is 15.7. The van der Waals surface area contributed by atoms with Gasteiger partial charge in [-0.2, -0.15) is 0 Å². The number of aromatic nitrogens is 1. The fraction of sp³-hybridized carbons (Fsp3) is 0.417. The third-order valence-electron chi connectivity index (χ3n) is 5.30. The number of thioether (sulfide) groups is 1. The number of hydrogen-bond acceptors (Lipinski definition) is 7. The number of morpholine rings is 1. The molecule has 4 rings (SSSR count). The molecule has 0 aliphatic carbocycles. The Labute approximate surface area is 197 Å². The van der Waals surface area contributed by atoms with Crippen LogP contribution in [0.2, 0.25) is 0 Å². The number of carbonyl (C=O) groups is 1. The minimum atomic E-state index is -0.0247. The van der Waals surface area contributed by atoms with Crippen molar-refractivity contribution in [3.05, 3.63) is 48.0 Å². The van der Waals surface area contributed by atoms with Crippen LogP contribution in [-0.4, -0.2) is 67.5 Å². The van der Waals surface area contributed by atoms with Crippen LogP contribution >= 0.6 is 23.1 Å². The highest BCUT2D eigenvalue weighted by Crippen LogP contribution is 2.35. The lowest BCUT2D eigenvalue weighted by atomic mass is 10.2. The van der Waals surface area contributed by atoms with E-state index in [1.54, 1.807) is 11.8 Å². The highest BCUT2D eigenvalue weighted by atomic mass is 32.2. The lowest BCUT2D eigenvalue weighted by Crippen LogP contribution is -2.43. The van der Waals surface area contributed by atoms with Gasteiger partial charge in [0.15, 0.2) is 5.13 Å². The summed E-state index contributed by atoms with van der Waals surface area (Å²) in [5.74, 6) is 1.74. The molecule has 6 nitrogen and oxygen atoms in total. The van der Waals surface area contributed by atoms with Crippen molar-refractivity contribution in [1.29, 1.82) is 0 Å². The number of anilines is 1. The molecule has 0 atom stereocenters. The van der Waals surface area contributed by atoms with Gasteiger partial charge < -0.3 is 9.47 Å². The molecule has 3 aromatic rings. The summed E-state index contributed by atoms with van der Waals surface area (Å²) < 4.78 is 12.2. The second-order valence-corrected chi connectivity index (χ2v) is 9.75. The van der Waals surface area contributed by atoms with Crippen LogP contribution < -0.4 is 9.64 Å². The normalized spacial score (nSPS) is 14.6. The Balaban J connectivity index is 1.63. The Hall–Kier alpha value is -2.13. The molecule has 0 radical (unpaired) electrons. The van der Waals surface area contributed by atoms with E-state index in [2.05, 4.69) is 11.8 Å². The van der Waals surface area contributed by atoms with Crippen LogP contribution in [0.5, 0.6) is 5.75 Å². The number of amides is 1. The number of rotatable bonds is 9. The molecule has 0 spiro atoms. The smallest absolute Gasteiger partial charge is 0.260 e. The summed E-state index contributed by atoms with van der Waals surface area (Å²) >= 11 is 3.30. The van der Waals surface area contributed by atoms with Crippen molar-refractivity contribution in [1.82, 2.24) is 9.88 Å². The second kappa shape index (κ2) is 11.1. The third kappa shape index (κ3) is 5.43. The number of para-hydroxylation sites is 1. The van der Waals surface area contributed by atoms with Gasteiger partial charge in [-0.25, -0.2) is 4.98 Å². The maximum atomic E-state index is 13.6. The van der Waals surface area contributed by atoms with E-state index in [1.807, 2.05) is 54.3 Å². The minimum absolute atomic E-state index is 0.0247. The number of ether oxygens (including phenoxy) is 2. The van der Waals surface area contributed by atoms with E-state index in [0.29, 0.717) is 23.8 Å². The summed E-state index contributed by atoms with van der Waals surface area (Å²) in [6, 6.07) is 13.8. The number of nitrogens with zero attached hydrogens (tertiary/aromatic N) is 3. The molecular formula is C24H29N3O3S2. The van der Waals surface area contributed by atoms with Crippen molar-refractivity contribution in [3.8, 4) is 5.75 Å². The average Bonchev–Trinajstić information content (AvgIpc) is 3.26. The molecule has 1 aliphatic rings. The van der Waals surface area contributed by atoms with Gasteiger partial charge in [-0.15, -0.1) is 11.8 Å². The Morgan fingerprint density at radius 3 is 2.69 bits per heavy atom. The van der Waals surface area contributed by atoms with Crippen LogP contribution in [0.25, 0.3) is 10.2 Å². The zero-order valence-corrected chi connectivity index (χ0v) is 20.2. The molecule has 2 heterocycles. The number of fused-ring (bicyclic) bond motifs is 1. The highest BCUT2D eigenvalue weighted by molar-refractivity contribution is 7.99. The fourth-order valence-corrected chi connectivity index (χ4v) is 5.33. The Morgan fingerprint density at radius 2 is 1.97 bits per heavy atom. The molecule has 0 unspecified atom stereocenters. The highest BCUT2D eigenvalue weighted by Gasteiger charge is 2.23. The molecule has 32 heavy (non-hydrogen) atoms. The molecule has 1 aromatic heterocycles. The van der Waals surface area contributed by atoms with E-state index in [4.69, 9.17) is 14.5 Å². The van der Waals surface area contributed by atoms with Gasteiger partial charge >= 0.3 is 0 Å². The molecule has 170 valence electrons. The van der Waals surface area contributed by atoms with Crippen LogP contribution in [0.3, 0.4) is 0 Å². The van der Waals surface area contributed by atoms with E-state index in [-0.39, 0.29) is 5.91 Å². The van der Waals surface area contributed by atoms with Crippen LogP contribution in [0.4, 0.5) is 5.13 Å². The molecule has 1 amide bonds. The van der Waals surface area contributed by atoms with E-state index in [9.17, 15) is 4.79 Å². The second-order valence-electron chi connectivity index (χ2n) is 7.40. The van der Waals surface area contributed by atoms with Gasteiger partial charge in [0.2, 0.25) is 0 Å². The topological polar surface area (TPSA) is 54.9 Å². The molecule has 0 N–H and O–H groups in total. The summed E-state index contributed by atoms with van der Waals surface area (Å²) in [5.41, 5.74) is 1.49. The van der Waals surface area contributed by atoms with Crippen LogP contribution in [0, 0.1) is 0 Å². The van der Waals surface area contributed by atoms with Gasteiger partial charge in [-0.3, -0.25) is 14.6 Å². The lowest BCUT2D eigenvalue weighted by Gasteiger charge is -2.29. The molecular weight excluding hydrogens is 442 g/mol. The van der Waals surface area contributed by atoms with Crippen molar-refractivity contribution < 1.29 is 14.3 Å². The lowest BCUT2D eigenvalue weighted by molar-refractivity contribution is 0.0391. The molecule has 1 aliphatic heterocycles. The van der Waals surface area contributed by atoms with Crippen molar-refractivity contribution in [2.24, 2.45) is 0 Å². The largest absolute Gasteiger partial charge is 0.492 e. The number of hydrogen-bond donors (Lipinski definition) is 0. The molecule has 0 saturated carbocycles. The summed E-state index contributed by atoms with van der Waals surface area (Å²) in [7, 11) is 0. The zero-order chi connectivity index (χ0) is 22.3. The van der Waals surface area contributed by atoms with Gasteiger partial charge in [-0.05, 0) is 49.1 Å². The van der Waals surface area contributed by atoms with Gasteiger partial charge in [-0.1, -0.05) is 24.3 Å².